The van der Waals surface area contributed by atoms with Gasteiger partial charge < -0.3 is 14.9 Å². The Morgan fingerprint density at radius 2 is 1.88 bits per heavy atom. The van der Waals surface area contributed by atoms with Gasteiger partial charge in [-0.25, -0.2) is 4.39 Å². The smallest absolute Gasteiger partial charge is 0.306 e. The van der Waals surface area contributed by atoms with Crippen LogP contribution < -0.4 is 0 Å². The number of aliphatic hydroxyl groups is 2. The third-order valence-electron chi connectivity index (χ3n) is 10.7. The van der Waals surface area contributed by atoms with E-state index in [1.54, 1.807) is 0 Å². The monoisotopic (exact) mass is 480 g/mol. The van der Waals surface area contributed by atoms with E-state index in [2.05, 4.69) is 0 Å². The third kappa shape index (κ3) is 3.21. The quantitative estimate of drug-likeness (QED) is 0.559. The van der Waals surface area contributed by atoms with Crippen molar-refractivity contribution in [3.05, 3.63) is 0 Å². The molecule has 9 atom stereocenters. The second-order valence-electron chi connectivity index (χ2n) is 12.1. The molecule has 0 aliphatic heterocycles. The van der Waals surface area contributed by atoms with Crippen LogP contribution in [0.25, 0.3) is 0 Å². The van der Waals surface area contributed by atoms with Gasteiger partial charge in [0.1, 0.15) is 18.1 Å². The largest absolute Gasteiger partial charge is 0.450 e. The minimum absolute atomic E-state index is 0.0158. The zero-order valence-electron chi connectivity index (χ0n) is 21.1. The summed E-state index contributed by atoms with van der Waals surface area (Å²) < 4.78 is 23.4. The number of alkyl halides is 1. The van der Waals surface area contributed by atoms with Crippen LogP contribution in [0.2, 0.25) is 0 Å². The highest BCUT2D eigenvalue weighted by molar-refractivity contribution is 5.92. The van der Waals surface area contributed by atoms with E-state index in [1.807, 2.05) is 27.7 Å². The van der Waals surface area contributed by atoms with Crippen molar-refractivity contribution >= 4 is 17.5 Å². The third-order valence-corrected chi connectivity index (χ3v) is 10.7. The number of unbranched alkanes of at least 4 members (excludes halogenated alkanes) is 1. The molecule has 0 aromatic heterocycles. The number of fused-ring (bicyclic) bond motifs is 5. The number of aliphatic hydroxyl groups excluding tert-OH is 2. The standard InChI is InChI=1S/C27H41FO6/c1-5-6-7-23(33)34-27(22(32)15-29)16(2)12-20-19-9-8-17-13-18(30)10-11-24(17,3)26(19,28)21(31)14-25(20,27)4/h16-17,19-21,29,31H,5-15H2,1-4H3/t16-,17+,19-,20-,21-,24-,25-,26-,27-/m0/s1. The zero-order valence-corrected chi connectivity index (χ0v) is 21.1. The highest BCUT2D eigenvalue weighted by atomic mass is 19.1. The molecule has 7 heteroatoms. The fourth-order valence-corrected chi connectivity index (χ4v) is 8.91. The molecule has 4 saturated carbocycles. The van der Waals surface area contributed by atoms with Crippen molar-refractivity contribution in [1.82, 2.24) is 0 Å². The number of carbonyl (C=O) groups is 3. The highest BCUT2D eigenvalue weighted by Crippen LogP contribution is 2.72. The number of esters is 1. The fourth-order valence-electron chi connectivity index (χ4n) is 8.91. The van der Waals surface area contributed by atoms with E-state index in [4.69, 9.17) is 4.74 Å². The molecule has 0 saturated heterocycles. The molecule has 0 heterocycles. The topological polar surface area (TPSA) is 101 Å². The van der Waals surface area contributed by atoms with Crippen molar-refractivity contribution < 1.29 is 33.7 Å². The van der Waals surface area contributed by atoms with Crippen molar-refractivity contribution in [2.45, 2.75) is 109 Å². The molecule has 0 amide bonds. The molecule has 0 aromatic carbocycles. The summed E-state index contributed by atoms with van der Waals surface area (Å²) in [5.41, 5.74) is -5.25. The minimum atomic E-state index is -1.87. The first-order valence-corrected chi connectivity index (χ1v) is 13.2. The first-order valence-electron chi connectivity index (χ1n) is 13.2. The normalized spacial score (nSPS) is 48.0. The Bertz CT molecular complexity index is 860. The van der Waals surface area contributed by atoms with Crippen LogP contribution in [0.5, 0.6) is 0 Å². The second kappa shape index (κ2) is 8.65. The lowest BCUT2D eigenvalue weighted by Gasteiger charge is -2.65. The van der Waals surface area contributed by atoms with Gasteiger partial charge in [0.05, 0.1) is 6.10 Å². The molecular formula is C27H41FO6. The predicted octanol–water partition coefficient (Wildman–Crippen LogP) is 3.94. The highest BCUT2D eigenvalue weighted by Gasteiger charge is 2.77. The predicted molar refractivity (Wildman–Crippen MR) is 123 cm³/mol. The summed E-state index contributed by atoms with van der Waals surface area (Å²) in [5.74, 6) is -2.14. The van der Waals surface area contributed by atoms with Crippen LogP contribution in [0.1, 0.15) is 91.9 Å². The Morgan fingerprint density at radius 1 is 1.18 bits per heavy atom. The summed E-state index contributed by atoms with van der Waals surface area (Å²) in [6.07, 6.45) is 3.11. The van der Waals surface area contributed by atoms with Gasteiger partial charge in [-0.15, -0.1) is 0 Å². The Kier molecular flexibility index (Phi) is 6.55. The minimum Gasteiger partial charge on any atom is -0.450 e. The zero-order chi connectivity index (χ0) is 25.1. The molecule has 4 rings (SSSR count). The van der Waals surface area contributed by atoms with Gasteiger partial charge in [0.2, 0.25) is 5.78 Å². The first-order chi connectivity index (χ1) is 15.9. The average molecular weight is 481 g/mol. The fraction of sp³-hybridized carbons (Fsp3) is 0.889. The average Bonchev–Trinajstić information content (AvgIpc) is 3.00. The van der Waals surface area contributed by atoms with Crippen molar-refractivity contribution in [1.29, 1.82) is 0 Å². The van der Waals surface area contributed by atoms with Crippen molar-refractivity contribution in [2.75, 3.05) is 6.61 Å². The molecule has 0 spiro atoms. The number of rotatable bonds is 6. The molecule has 0 unspecified atom stereocenters. The van der Waals surface area contributed by atoms with Crippen LogP contribution in [0, 0.1) is 34.5 Å². The number of ether oxygens (including phenoxy) is 1. The lowest BCUT2D eigenvalue weighted by molar-refractivity contribution is -0.257. The number of hydrogen-bond acceptors (Lipinski definition) is 6. The summed E-state index contributed by atoms with van der Waals surface area (Å²) >= 11 is 0. The van der Waals surface area contributed by atoms with Crippen molar-refractivity contribution in [2.24, 2.45) is 34.5 Å². The van der Waals surface area contributed by atoms with Gasteiger partial charge in [0, 0.05) is 36.0 Å². The summed E-state index contributed by atoms with van der Waals surface area (Å²) in [5, 5.41) is 21.5. The SMILES string of the molecule is CCCCC(=O)O[C@]1(C(=O)CO)[C@@H](C)C[C@H]2[C@@H]3CC[C@@H]4CC(=O)CC[C@]4(C)[C@@]3(F)[C@@H](O)C[C@@]21C. The Labute approximate surface area is 202 Å². The summed E-state index contributed by atoms with van der Waals surface area (Å²) in [7, 11) is 0. The van der Waals surface area contributed by atoms with Crippen LogP contribution in [-0.4, -0.2) is 51.7 Å². The summed E-state index contributed by atoms with van der Waals surface area (Å²) in [6.45, 7) is 6.80. The van der Waals surface area contributed by atoms with Gasteiger partial charge in [-0.3, -0.25) is 14.4 Å². The van der Waals surface area contributed by atoms with Crippen LogP contribution >= 0.6 is 0 Å². The molecule has 0 aromatic rings. The van der Waals surface area contributed by atoms with Crippen molar-refractivity contribution in [3.63, 3.8) is 0 Å². The molecule has 34 heavy (non-hydrogen) atoms. The van der Waals surface area contributed by atoms with Gasteiger partial charge in [-0.1, -0.05) is 34.1 Å². The molecule has 0 bridgehead atoms. The number of hydrogen-bond donors (Lipinski definition) is 2. The maximum Gasteiger partial charge on any atom is 0.306 e. The van der Waals surface area contributed by atoms with E-state index in [9.17, 15) is 24.6 Å². The van der Waals surface area contributed by atoms with Gasteiger partial charge in [-0.2, -0.15) is 0 Å². The lowest BCUT2D eigenvalue weighted by atomic mass is 9.42. The number of carbonyl (C=O) groups excluding carboxylic acids is 3. The van der Waals surface area contributed by atoms with Gasteiger partial charge in [-0.05, 0) is 56.3 Å². The maximum absolute atomic E-state index is 17.4. The van der Waals surface area contributed by atoms with Crippen LogP contribution in [0.3, 0.4) is 0 Å². The van der Waals surface area contributed by atoms with Crippen LogP contribution in [0.4, 0.5) is 4.39 Å². The molecule has 4 aliphatic carbocycles. The van der Waals surface area contributed by atoms with E-state index in [0.29, 0.717) is 44.9 Å². The van der Waals surface area contributed by atoms with Gasteiger partial charge in [0.25, 0.3) is 0 Å². The van der Waals surface area contributed by atoms with E-state index in [1.165, 1.54) is 0 Å². The maximum atomic E-state index is 17.4. The Balaban J connectivity index is 1.77. The summed E-state index contributed by atoms with van der Waals surface area (Å²) in [6, 6.07) is 0. The van der Waals surface area contributed by atoms with Gasteiger partial charge in [0.15, 0.2) is 5.60 Å². The molecule has 6 nitrogen and oxygen atoms in total. The van der Waals surface area contributed by atoms with E-state index in [-0.39, 0.29) is 30.5 Å². The number of ketones is 2. The van der Waals surface area contributed by atoms with E-state index < -0.39 is 58.4 Å². The van der Waals surface area contributed by atoms with Crippen LogP contribution in [-0.2, 0) is 19.1 Å². The molecular weight excluding hydrogens is 439 g/mol. The molecule has 2 N–H and O–H groups in total. The first kappa shape index (κ1) is 25.7. The molecule has 4 fully saturated rings. The van der Waals surface area contributed by atoms with Crippen LogP contribution in [0.15, 0.2) is 0 Å². The molecule has 192 valence electrons. The Hall–Kier alpha value is -1.34. The number of Topliss-reactive ketones (excluding diaryl/α,β-unsaturated/α-hetero) is 2. The second-order valence-corrected chi connectivity index (χ2v) is 12.1. The summed E-state index contributed by atoms with van der Waals surface area (Å²) in [4.78, 5) is 38.3. The Morgan fingerprint density at radius 3 is 2.53 bits per heavy atom. The number of halogens is 1. The molecule has 0 radical (unpaired) electrons. The van der Waals surface area contributed by atoms with E-state index >= 15 is 4.39 Å². The lowest BCUT2D eigenvalue weighted by Crippen LogP contribution is -2.71. The van der Waals surface area contributed by atoms with E-state index in [0.717, 1.165) is 6.42 Å². The molecule has 4 aliphatic rings. The van der Waals surface area contributed by atoms with Crippen molar-refractivity contribution in [3.8, 4) is 0 Å². The van der Waals surface area contributed by atoms with Gasteiger partial charge >= 0.3 is 5.97 Å².